The number of alkyl halides is 3. The molecule has 2 aromatic carbocycles. The molecule has 1 aromatic heterocycles. The minimum Gasteiger partial charge on any atom is -0.494 e. The van der Waals surface area contributed by atoms with Gasteiger partial charge in [-0.25, -0.2) is 9.78 Å². The molecule has 2 amide bonds. The number of carbonyl (C=O) groups excluding carboxylic acids is 2. The smallest absolute Gasteiger partial charge is 0.434 e. The molecule has 0 bridgehead atoms. The summed E-state index contributed by atoms with van der Waals surface area (Å²) in [6, 6.07) is 13.1. The first-order valence-corrected chi connectivity index (χ1v) is 21.3. The zero-order chi connectivity index (χ0) is 43.1. The van der Waals surface area contributed by atoms with Crippen LogP contribution in [0.15, 0.2) is 54.9 Å². The summed E-state index contributed by atoms with van der Waals surface area (Å²) in [5.41, 5.74) is -0.404. The molecule has 3 aromatic rings. The Hall–Kier alpha value is -3.98. The summed E-state index contributed by atoms with van der Waals surface area (Å²) in [7, 11) is 0. The number of aromatic nitrogens is 2. The fourth-order valence-corrected chi connectivity index (χ4v) is 8.52. The third-order valence-corrected chi connectivity index (χ3v) is 11.6. The molecule has 18 heteroatoms. The van der Waals surface area contributed by atoms with Gasteiger partial charge < -0.3 is 50.4 Å². The number of unbranched alkanes of at least 4 members (excludes halogenated alkanes) is 1. The van der Waals surface area contributed by atoms with Crippen molar-refractivity contribution in [3.63, 3.8) is 0 Å². The first kappa shape index (κ1) is 45.5. The number of amides is 2. The maximum absolute atomic E-state index is 13.0. The van der Waals surface area contributed by atoms with Gasteiger partial charge in [0.1, 0.15) is 40.9 Å². The number of hydrogen-bond acceptors (Lipinski definition) is 12. The molecular formula is C42H54F3IN6O8. The molecule has 2 aliphatic carbocycles. The third kappa shape index (κ3) is 13.0. The number of hydrogen-bond donors (Lipinski definition) is 6. The van der Waals surface area contributed by atoms with E-state index in [-0.39, 0.29) is 36.2 Å². The van der Waals surface area contributed by atoms with E-state index in [1.165, 1.54) is 0 Å². The molecule has 2 saturated carbocycles. The van der Waals surface area contributed by atoms with Gasteiger partial charge in [0.25, 0.3) is 0 Å². The van der Waals surface area contributed by atoms with Gasteiger partial charge in [-0.2, -0.15) is 13.2 Å². The van der Waals surface area contributed by atoms with Gasteiger partial charge in [0, 0.05) is 18.6 Å². The minimum absolute atomic E-state index is 0.0404. The lowest BCUT2D eigenvalue weighted by atomic mass is 9.52. The van der Waals surface area contributed by atoms with Crippen molar-refractivity contribution in [1.29, 1.82) is 0 Å². The van der Waals surface area contributed by atoms with E-state index in [1.807, 2.05) is 63.2 Å². The van der Waals surface area contributed by atoms with Gasteiger partial charge in [0.05, 0.1) is 47.7 Å². The second-order valence-electron chi connectivity index (χ2n) is 16.9. The second-order valence-corrected chi connectivity index (χ2v) is 18.1. The van der Waals surface area contributed by atoms with E-state index in [0.717, 1.165) is 71.9 Å². The van der Waals surface area contributed by atoms with E-state index < -0.39 is 47.9 Å². The molecular weight excluding hydrogens is 900 g/mol. The van der Waals surface area contributed by atoms with Crippen LogP contribution in [0.4, 0.5) is 23.8 Å². The SMILES string of the molecule is CC(C)(C)OC(=O)NCCc1ccc(Oc2ccc(OCCCCNC3CC4(C3)CC(NC(=O)C[C@H]3OC[C@H](Nc5cncc(C(F)(F)F)n5)[C@@H](O)[C@H]3O)C4)cc2)c(I)c1. The van der Waals surface area contributed by atoms with E-state index in [1.54, 1.807) is 0 Å². The highest BCUT2D eigenvalue weighted by atomic mass is 127. The standard InChI is InChI=1S/C42H54F3IN6O8/c1-40(2,3)60-39(56)49-14-12-25-6-11-32(30(46)16-25)59-29-9-7-28(8-10-29)57-15-5-4-13-48-26-18-41(19-26)20-27(21-41)50-36(53)17-33-38(55)37(54)31(24-58-33)51-35-23-47-22-34(52-35)42(43,44)45/h6-11,16,22-23,26-27,31,33,37-38,48,54-55H,4-5,12-15,17-21,24H2,1-3H3,(H,49,56)(H,50,53)(H,51,52)/t26?,27?,31-,33+,37+,38-,41?/m0/s1. The molecule has 2 heterocycles. The number of nitrogens with zero attached hydrogens (tertiary/aromatic N) is 2. The van der Waals surface area contributed by atoms with Crippen molar-refractivity contribution in [2.45, 2.75) is 120 Å². The van der Waals surface area contributed by atoms with Crippen molar-refractivity contribution < 1.29 is 51.9 Å². The predicted octanol–water partition coefficient (Wildman–Crippen LogP) is 6.13. The van der Waals surface area contributed by atoms with Crippen molar-refractivity contribution in [3.8, 4) is 17.2 Å². The number of anilines is 1. The predicted molar refractivity (Wildman–Crippen MR) is 224 cm³/mol. The monoisotopic (exact) mass is 954 g/mol. The number of ether oxygens (including phenoxy) is 4. The Morgan fingerprint density at radius 1 is 0.950 bits per heavy atom. The Balaban J connectivity index is 0.790. The van der Waals surface area contributed by atoms with Gasteiger partial charge >= 0.3 is 12.3 Å². The molecule has 1 spiro atoms. The molecule has 6 N–H and O–H groups in total. The Labute approximate surface area is 361 Å². The largest absolute Gasteiger partial charge is 0.494 e. The van der Waals surface area contributed by atoms with Crippen LogP contribution in [0.5, 0.6) is 17.2 Å². The molecule has 14 nitrogen and oxygen atoms in total. The highest BCUT2D eigenvalue weighted by Crippen LogP contribution is 2.56. The van der Waals surface area contributed by atoms with Crippen LogP contribution in [0.3, 0.4) is 0 Å². The molecule has 0 radical (unpaired) electrons. The van der Waals surface area contributed by atoms with Crippen molar-refractivity contribution in [2.24, 2.45) is 5.41 Å². The Kier molecular flexibility index (Phi) is 15.0. The summed E-state index contributed by atoms with van der Waals surface area (Å²) in [4.78, 5) is 31.7. The summed E-state index contributed by atoms with van der Waals surface area (Å²) in [6.07, 6.45) is -0.925. The number of alkyl carbamates (subject to hydrolysis) is 1. The van der Waals surface area contributed by atoms with Crippen molar-refractivity contribution in [2.75, 3.05) is 31.6 Å². The third-order valence-electron chi connectivity index (χ3n) is 10.8. The Morgan fingerprint density at radius 3 is 2.37 bits per heavy atom. The van der Waals surface area contributed by atoms with E-state index in [2.05, 4.69) is 53.8 Å². The summed E-state index contributed by atoms with van der Waals surface area (Å²) in [5.74, 6) is 1.73. The fraction of sp³-hybridized carbons (Fsp3) is 0.571. The fourth-order valence-electron chi connectivity index (χ4n) is 7.83. The summed E-state index contributed by atoms with van der Waals surface area (Å²) < 4.78 is 62.9. The number of halogens is 4. The molecule has 3 fully saturated rings. The van der Waals surface area contributed by atoms with Gasteiger partial charge in [-0.3, -0.25) is 9.78 Å². The molecule has 4 atom stereocenters. The normalized spacial score (nSPS) is 25.1. The number of nitrogens with one attached hydrogen (secondary N) is 4. The molecule has 1 aliphatic heterocycles. The van der Waals surface area contributed by atoms with Crippen LogP contribution < -0.4 is 30.7 Å². The van der Waals surface area contributed by atoms with Crippen LogP contribution in [-0.2, 0) is 26.9 Å². The number of aliphatic hydroxyl groups is 2. The number of carbonyl (C=O) groups is 2. The first-order chi connectivity index (χ1) is 28.4. The topological polar surface area (TPSA) is 185 Å². The number of rotatable bonds is 17. The van der Waals surface area contributed by atoms with Crippen molar-refractivity contribution >= 4 is 40.4 Å². The maximum Gasteiger partial charge on any atom is 0.434 e. The van der Waals surface area contributed by atoms with Crippen molar-refractivity contribution in [1.82, 2.24) is 25.9 Å². The van der Waals surface area contributed by atoms with E-state index >= 15 is 0 Å². The minimum atomic E-state index is -4.68. The van der Waals surface area contributed by atoms with Crippen LogP contribution in [-0.4, -0.2) is 101 Å². The van der Waals surface area contributed by atoms with Gasteiger partial charge in [0.15, 0.2) is 5.69 Å². The quantitative estimate of drug-likeness (QED) is 0.0674. The highest BCUT2D eigenvalue weighted by molar-refractivity contribution is 14.1. The van der Waals surface area contributed by atoms with Crippen LogP contribution in [0.1, 0.15) is 77.0 Å². The van der Waals surface area contributed by atoms with Gasteiger partial charge in [-0.05, 0) is 142 Å². The summed E-state index contributed by atoms with van der Waals surface area (Å²) in [5, 5.41) is 33.3. The lowest BCUT2D eigenvalue weighted by Gasteiger charge is -2.58. The average molecular weight is 955 g/mol. The van der Waals surface area contributed by atoms with Crippen LogP contribution in [0.2, 0.25) is 0 Å². The maximum atomic E-state index is 13.0. The molecule has 60 heavy (non-hydrogen) atoms. The molecule has 3 aliphatic rings. The van der Waals surface area contributed by atoms with Gasteiger partial charge in [-0.15, -0.1) is 0 Å². The van der Waals surface area contributed by atoms with Crippen LogP contribution >= 0.6 is 22.6 Å². The second kappa shape index (κ2) is 19.8. The van der Waals surface area contributed by atoms with E-state index in [0.29, 0.717) is 37.6 Å². The summed E-state index contributed by atoms with van der Waals surface area (Å²) >= 11 is 2.25. The van der Waals surface area contributed by atoms with Gasteiger partial charge in [0.2, 0.25) is 5.91 Å². The summed E-state index contributed by atoms with van der Waals surface area (Å²) in [6.45, 7) is 7.32. The molecule has 1 saturated heterocycles. The molecule has 328 valence electrons. The average Bonchev–Trinajstić information content (AvgIpc) is 3.14. The van der Waals surface area contributed by atoms with Gasteiger partial charge in [-0.1, -0.05) is 6.07 Å². The number of benzene rings is 2. The Morgan fingerprint density at radius 2 is 1.67 bits per heavy atom. The van der Waals surface area contributed by atoms with Crippen LogP contribution in [0.25, 0.3) is 0 Å². The van der Waals surface area contributed by atoms with E-state index in [9.17, 15) is 33.0 Å². The lowest BCUT2D eigenvalue weighted by Crippen LogP contribution is -2.61. The van der Waals surface area contributed by atoms with Crippen LogP contribution in [0, 0.1) is 8.99 Å². The van der Waals surface area contributed by atoms with E-state index in [4.69, 9.17) is 18.9 Å². The highest BCUT2D eigenvalue weighted by Gasteiger charge is 2.53. The molecule has 0 unspecified atom stereocenters. The number of aliphatic hydroxyl groups excluding tert-OH is 2. The lowest BCUT2D eigenvalue weighted by molar-refractivity contribution is -0.153. The first-order valence-electron chi connectivity index (χ1n) is 20.3. The Bertz CT molecular complexity index is 1910. The molecule has 6 rings (SSSR count). The zero-order valence-corrected chi connectivity index (χ0v) is 36.1. The van der Waals surface area contributed by atoms with Crippen molar-refractivity contribution in [3.05, 3.63) is 69.7 Å². The zero-order valence-electron chi connectivity index (χ0n) is 33.9.